The quantitative estimate of drug-likeness (QED) is 0.288. The van der Waals surface area contributed by atoms with Crippen molar-refractivity contribution in [2.24, 2.45) is 0 Å². The summed E-state index contributed by atoms with van der Waals surface area (Å²) in [6, 6.07) is 30.9. The number of para-hydroxylation sites is 1. The van der Waals surface area contributed by atoms with Crippen LogP contribution >= 0.6 is 11.3 Å². The molecule has 0 spiro atoms. The third-order valence-corrected chi connectivity index (χ3v) is 8.66. The number of benzene rings is 4. The van der Waals surface area contributed by atoms with Crippen molar-refractivity contribution in [1.82, 2.24) is 9.29 Å². The monoisotopic (exact) mass is 513 g/mol. The predicted molar refractivity (Wildman–Crippen MR) is 145 cm³/mol. The van der Waals surface area contributed by atoms with Gasteiger partial charge in [0.15, 0.2) is 0 Å². The number of hydrogen-bond donors (Lipinski definition) is 1. The molecular formula is C28H23N3O3S2. The van der Waals surface area contributed by atoms with E-state index in [9.17, 15) is 13.2 Å². The van der Waals surface area contributed by atoms with Gasteiger partial charge < -0.3 is 5.32 Å². The molecule has 0 saturated heterocycles. The number of nitrogens with one attached hydrogen (secondary N) is 1. The van der Waals surface area contributed by atoms with Crippen molar-refractivity contribution >= 4 is 43.2 Å². The molecule has 0 radical (unpaired) electrons. The number of hydrogen-bond acceptors (Lipinski definition) is 5. The lowest BCUT2D eigenvalue weighted by molar-refractivity contribution is 0.102. The maximum atomic E-state index is 12.9. The summed E-state index contributed by atoms with van der Waals surface area (Å²) in [5.41, 5.74) is 3.85. The second kappa shape index (κ2) is 10.0. The molecule has 5 rings (SSSR count). The second-order valence-corrected chi connectivity index (χ2v) is 11.4. The fourth-order valence-corrected chi connectivity index (χ4v) is 5.91. The Balaban J connectivity index is 1.25. The normalized spacial score (nSPS) is 11.6. The van der Waals surface area contributed by atoms with Crippen LogP contribution in [0, 0.1) is 0 Å². The van der Waals surface area contributed by atoms with E-state index < -0.39 is 10.0 Å². The molecule has 0 bridgehead atoms. The highest BCUT2D eigenvalue weighted by atomic mass is 32.2. The number of sulfonamides is 1. The van der Waals surface area contributed by atoms with E-state index in [-0.39, 0.29) is 17.3 Å². The van der Waals surface area contributed by atoms with Crippen molar-refractivity contribution < 1.29 is 13.2 Å². The van der Waals surface area contributed by atoms with E-state index in [4.69, 9.17) is 0 Å². The van der Waals surface area contributed by atoms with E-state index >= 15 is 0 Å². The van der Waals surface area contributed by atoms with Gasteiger partial charge in [-0.3, -0.25) is 4.79 Å². The largest absolute Gasteiger partial charge is 0.322 e. The molecule has 1 aromatic heterocycles. The number of amides is 1. The van der Waals surface area contributed by atoms with Crippen LogP contribution < -0.4 is 5.32 Å². The molecule has 0 unspecified atom stereocenters. The predicted octanol–water partition coefficient (Wildman–Crippen LogP) is 6.04. The lowest BCUT2D eigenvalue weighted by Gasteiger charge is -2.17. The van der Waals surface area contributed by atoms with Crippen LogP contribution in [0.1, 0.15) is 15.9 Å². The average molecular weight is 514 g/mol. The Hall–Kier alpha value is -3.85. The van der Waals surface area contributed by atoms with E-state index in [1.807, 2.05) is 78.9 Å². The Morgan fingerprint density at radius 2 is 1.53 bits per heavy atom. The summed E-state index contributed by atoms with van der Waals surface area (Å²) in [7, 11) is -2.14. The van der Waals surface area contributed by atoms with Gasteiger partial charge in [0.25, 0.3) is 5.91 Å². The van der Waals surface area contributed by atoms with Gasteiger partial charge in [-0.15, -0.1) is 11.3 Å². The minimum atomic E-state index is -3.68. The van der Waals surface area contributed by atoms with Gasteiger partial charge in [-0.2, -0.15) is 4.31 Å². The highest BCUT2D eigenvalue weighted by molar-refractivity contribution is 7.89. The minimum absolute atomic E-state index is 0.137. The first-order valence-corrected chi connectivity index (χ1v) is 13.5. The molecule has 1 heterocycles. The van der Waals surface area contributed by atoms with Crippen molar-refractivity contribution in [3.63, 3.8) is 0 Å². The van der Waals surface area contributed by atoms with Gasteiger partial charge in [0.1, 0.15) is 5.01 Å². The minimum Gasteiger partial charge on any atom is -0.322 e. The van der Waals surface area contributed by atoms with E-state index in [0.717, 1.165) is 26.4 Å². The highest BCUT2D eigenvalue weighted by Crippen LogP contribution is 2.30. The van der Waals surface area contributed by atoms with E-state index in [2.05, 4.69) is 10.3 Å². The molecule has 1 amide bonds. The van der Waals surface area contributed by atoms with Crippen LogP contribution in [0.5, 0.6) is 0 Å². The number of fused-ring (bicyclic) bond motifs is 1. The third-order valence-electron chi connectivity index (χ3n) is 5.76. The van der Waals surface area contributed by atoms with Gasteiger partial charge in [0, 0.05) is 30.4 Å². The summed E-state index contributed by atoms with van der Waals surface area (Å²) in [5, 5.41) is 3.78. The highest BCUT2D eigenvalue weighted by Gasteiger charge is 2.21. The Morgan fingerprint density at radius 3 is 2.22 bits per heavy atom. The number of rotatable bonds is 7. The Labute approximate surface area is 213 Å². The summed E-state index contributed by atoms with van der Waals surface area (Å²) < 4.78 is 28.3. The molecule has 0 aliphatic carbocycles. The summed E-state index contributed by atoms with van der Waals surface area (Å²) >= 11 is 1.62. The maximum Gasteiger partial charge on any atom is 0.255 e. The molecule has 36 heavy (non-hydrogen) atoms. The molecule has 0 aliphatic rings. The number of aromatic nitrogens is 1. The van der Waals surface area contributed by atoms with Crippen LogP contribution in [0.15, 0.2) is 108 Å². The van der Waals surface area contributed by atoms with E-state index in [1.165, 1.54) is 28.6 Å². The van der Waals surface area contributed by atoms with Crippen LogP contribution in [0.3, 0.4) is 0 Å². The summed E-state index contributed by atoms with van der Waals surface area (Å²) in [6.45, 7) is 0.262. The Bertz CT molecular complexity index is 1580. The third kappa shape index (κ3) is 5.06. The zero-order valence-electron chi connectivity index (χ0n) is 19.5. The first-order valence-electron chi connectivity index (χ1n) is 11.3. The van der Waals surface area contributed by atoms with Gasteiger partial charge in [-0.25, -0.2) is 13.4 Å². The molecule has 0 fully saturated rings. The van der Waals surface area contributed by atoms with Gasteiger partial charge in [-0.1, -0.05) is 42.5 Å². The van der Waals surface area contributed by atoms with Gasteiger partial charge in [-0.05, 0) is 66.2 Å². The molecule has 4 aromatic carbocycles. The smallest absolute Gasteiger partial charge is 0.255 e. The van der Waals surface area contributed by atoms with Crippen molar-refractivity contribution in [3.05, 3.63) is 114 Å². The maximum absolute atomic E-state index is 12.9. The van der Waals surface area contributed by atoms with Crippen molar-refractivity contribution in [3.8, 4) is 10.6 Å². The number of anilines is 1. The van der Waals surface area contributed by atoms with Crippen LogP contribution in [-0.2, 0) is 16.6 Å². The molecule has 0 saturated carbocycles. The standard InChI is InChI=1S/C28H23N3O3S2/c1-31(19-20-7-3-2-4-8-20)36(33,34)24-17-13-21(14-18-24)27(32)29-23-15-11-22(12-16-23)28-30-25-9-5-6-10-26(25)35-28/h2-18H,19H2,1H3,(H,29,32). The molecule has 5 aromatic rings. The van der Waals surface area contributed by atoms with Gasteiger partial charge in [0.2, 0.25) is 10.0 Å². The van der Waals surface area contributed by atoms with Crippen LogP contribution in [0.2, 0.25) is 0 Å². The average Bonchev–Trinajstić information content (AvgIpc) is 3.34. The van der Waals surface area contributed by atoms with Crippen LogP contribution in [-0.4, -0.2) is 30.7 Å². The molecule has 180 valence electrons. The second-order valence-electron chi connectivity index (χ2n) is 8.29. The number of thiazole rings is 1. The molecule has 6 nitrogen and oxygen atoms in total. The van der Waals surface area contributed by atoms with Crippen molar-refractivity contribution in [2.45, 2.75) is 11.4 Å². The lowest BCUT2D eigenvalue weighted by Crippen LogP contribution is -2.26. The molecule has 1 N–H and O–H groups in total. The zero-order chi connectivity index (χ0) is 25.1. The molecule has 8 heteroatoms. The SMILES string of the molecule is CN(Cc1ccccc1)S(=O)(=O)c1ccc(C(=O)Nc2ccc(-c3nc4ccccc4s3)cc2)cc1. The summed E-state index contributed by atoms with van der Waals surface area (Å²) in [5.74, 6) is -0.315. The van der Waals surface area contributed by atoms with E-state index in [1.54, 1.807) is 18.4 Å². The van der Waals surface area contributed by atoms with Crippen molar-refractivity contribution in [2.75, 3.05) is 12.4 Å². The Morgan fingerprint density at radius 1 is 0.861 bits per heavy atom. The topological polar surface area (TPSA) is 79.4 Å². The molecular weight excluding hydrogens is 490 g/mol. The Kier molecular flexibility index (Phi) is 6.65. The number of nitrogens with zero attached hydrogens (tertiary/aromatic N) is 2. The molecule has 0 aliphatic heterocycles. The summed E-state index contributed by atoms with van der Waals surface area (Å²) in [6.07, 6.45) is 0. The lowest BCUT2D eigenvalue weighted by atomic mass is 10.2. The first kappa shape index (κ1) is 23.9. The fourth-order valence-electron chi connectivity index (χ4n) is 3.78. The summed E-state index contributed by atoms with van der Waals surface area (Å²) in [4.78, 5) is 17.5. The van der Waals surface area contributed by atoms with Crippen molar-refractivity contribution in [1.29, 1.82) is 0 Å². The van der Waals surface area contributed by atoms with Gasteiger partial charge >= 0.3 is 0 Å². The zero-order valence-corrected chi connectivity index (χ0v) is 21.1. The molecule has 0 atom stereocenters. The number of carbonyl (C=O) groups is 1. The fraction of sp³-hybridized carbons (Fsp3) is 0.0714. The van der Waals surface area contributed by atoms with E-state index in [0.29, 0.717) is 11.3 Å². The number of carbonyl (C=O) groups excluding carboxylic acids is 1. The van der Waals surface area contributed by atoms with Gasteiger partial charge in [0.05, 0.1) is 15.1 Å². The first-order chi connectivity index (χ1) is 17.4. The van der Waals surface area contributed by atoms with Crippen LogP contribution in [0.25, 0.3) is 20.8 Å². The van der Waals surface area contributed by atoms with Crippen LogP contribution in [0.4, 0.5) is 5.69 Å².